The highest BCUT2D eigenvalue weighted by Crippen LogP contribution is 2.52. The monoisotopic (exact) mass is 484 g/mol. The van der Waals surface area contributed by atoms with E-state index in [4.69, 9.17) is 4.98 Å². The Morgan fingerprint density at radius 2 is 1.23 bits per heavy atom. The van der Waals surface area contributed by atoms with Crippen LogP contribution in [-0.2, 0) is 0 Å². The molecule has 0 aliphatic carbocycles. The van der Waals surface area contributed by atoms with E-state index in [-0.39, 0.29) is 0 Å². The molecule has 5 aromatic carbocycles. The first kappa shape index (κ1) is 20.5. The fourth-order valence-electron chi connectivity index (χ4n) is 4.60. The zero-order chi connectivity index (χ0) is 23.2. The van der Waals surface area contributed by atoms with E-state index in [0.717, 1.165) is 21.8 Å². The van der Waals surface area contributed by atoms with Gasteiger partial charge in [-0.3, -0.25) is 0 Å². The maximum absolute atomic E-state index is 4.89. The topological polar surface area (TPSA) is 16.1 Å². The normalized spacial score (nSPS) is 12.4. The predicted octanol–water partition coefficient (Wildman–Crippen LogP) is 9.56. The Morgan fingerprint density at radius 1 is 0.543 bits per heavy atom. The van der Waals surface area contributed by atoms with Crippen LogP contribution < -0.4 is 4.90 Å². The van der Waals surface area contributed by atoms with Crippen LogP contribution in [0.5, 0.6) is 0 Å². The lowest BCUT2D eigenvalue weighted by Gasteiger charge is -2.33. The molecule has 35 heavy (non-hydrogen) atoms. The smallest absolute Gasteiger partial charge is 0.124 e. The van der Waals surface area contributed by atoms with Crippen LogP contribution in [0.25, 0.3) is 31.9 Å². The van der Waals surface area contributed by atoms with Crippen molar-refractivity contribution in [2.24, 2.45) is 0 Å². The predicted molar refractivity (Wildman–Crippen MR) is 149 cm³/mol. The molecule has 0 spiro atoms. The highest BCUT2D eigenvalue weighted by molar-refractivity contribution is 7.99. The number of aromatic nitrogens is 1. The molecule has 0 radical (unpaired) electrons. The van der Waals surface area contributed by atoms with Gasteiger partial charge < -0.3 is 4.90 Å². The Morgan fingerprint density at radius 3 is 2.09 bits per heavy atom. The van der Waals surface area contributed by atoms with Crippen LogP contribution in [-0.4, -0.2) is 4.98 Å². The Labute approximate surface area is 212 Å². The Bertz CT molecular complexity index is 1640. The summed E-state index contributed by atoms with van der Waals surface area (Å²) < 4.78 is 1.22. The Hall–Kier alpha value is -3.86. The van der Waals surface area contributed by atoms with E-state index in [0.29, 0.717) is 0 Å². The van der Waals surface area contributed by atoms with Gasteiger partial charge in [-0.25, -0.2) is 4.98 Å². The number of hydrogen-bond acceptors (Lipinski definition) is 4. The molecular weight excluding hydrogens is 464 g/mol. The van der Waals surface area contributed by atoms with Gasteiger partial charge in [-0.2, -0.15) is 0 Å². The number of para-hydroxylation sites is 2. The molecule has 2 nitrogen and oxygen atoms in total. The second-order valence-corrected chi connectivity index (χ2v) is 10.6. The van der Waals surface area contributed by atoms with Crippen molar-refractivity contribution in [2.75, 3.05) is 4.90 Å². The van der Waals surface area contributed by atoms with Gasteiger partial charge in [-0.05, 0) is 65.7 Å². The van der Waals surface area contributed by atoms with E-state index in [1.165, 1.54) is 37.0 Å². The lowest BCUT2D eigenvalue weighted by molar-refractivity contribution is 1.17. The summed E-state index contributed by atoms with van der Waals surface area (Å²) in [7, 11) is 0. The summed E-state index contributed by atoms with van der Waals surface area (Å²) in [5, 5.41) is 1.06. The quantitative estimate of drug-likeness (QED) is 0.248. The maximum Gasteiger partial charge on any atom is 0.124 e. The van der Waals surface area contributed by atoms with E-state index in [1.54, 1.807) is 11.3 Å². The first-order valence-corrected chi connectivity index (χ1v) is 13.2. The number of benzene rings is 5. The molecule has 4 heteroatoms. The summed E-state index contributed by atoms with van der Waals surface area (Å²) in [6.45, 7) is 0. The zero-order valence-electron chi connectivity index (χ0n) is 18.8. The molecule has 0 saturated carbocycles. The van der Waals surface area contributed by atoms with Crippen LogP contribution in [0.15, 0.2) is 131 Å². The summed E-state index contributed by atoms with van der Waals surface area (Å²) in [6.07, 6.45) is 0. The maximum atomic E-state index is 4.89. The van der Waals surface area contributed by atoms with Crippen molar-refractivity contribution in [3.05, 3.63) is 121 Å². The SMILES string of the molecule is c1ccc(-c2ccc(N3c4ccccc4Sc4cc(-c5nc6ccccc6s5)ccc43)cc2)cc1. The van der Waals surface area contributed by atoms with Crippen LogP contribution in [0.4, 0.5) is 17.1 Å². The molecule has 0 atom stereocenters. The van der Waals surface area contributed by atoms with Crippen molar-refractivity contribution >= 4 is 50.4 Å². The standard InChI is InChI=1S/C31H20N2S2/c1-2-8-21(9-3-1)22-14-17-24(18-15-22)33-26-11-5-7-13-29(26)34-30-20-23(16-19-27(30)33)31-32-25-10-4-6-12-28(25)35-31/h1-20H. The average Bonchev–Trinajstić information content (AvgIpc) is 3.37. The largest absolute Gasteiger partial charge is 0.308 e. The van der Waals surface area contributed by atoms with Gasteiger partial charge in [0.25, 0.3) is 0 Å². The fourth-order valence-corrected chi connectivity index (χ4v) is 6.66. The van der Waals surface area contributed by atoms with Crippen LogP contribution in [0.3, 0.4) is 0 Å². The van der Waals surface area contributed by atoms with E-state index in [9.17, 15) is 0 Å². The minimum absolute atomic E-state index is 1.06. The lowest BCUT2D eigenvalue weighted by Crippen LogP contribution is -2.14. The van der Waals surface area contributed by atoms with Crippen LogP contribution in [0.1, 0.15) is 0 Å². The van der Waals surface area contributed by atoms with Gasteiger partial charge in [0.2, 0.25) is 0 Å². The van der Waals surface area contributed by atoms with Crippen LogP contribution in [0, 0.1) is 0 Å². The number of anilines is 3. The van der Waals surface area contributed by atoms with Gasteiger partial charge in [0.05, 0.1) is 21.6 Å². The first-order chi connectivity index (χ1) is 17.3. The second-order valence-electron chi connectivity index (χ2n) is 8.49. The fraction of sp³-hybridized carbons (Fsp3) is 0. The molecule has 0 saturated heterocycles. The number of rotatable bonds is 3. The molecule has 166 valence electrons. The van der Waals surface area contributed by atoms with Crippen molar-refractivity contribution in [1.82, 2.24) is 4.98 Å². The molecule has 6 aromatic rings. The number of hydrogen-bond donors (Lipinski definition) is 0. The highest BCUT2D eigenvalue weighted by Gasteiger charge is 2.25. The molecule has 2 heterocycles. The van der Waals surface area contributed by atoms with E-state index in [1.807, 2.05) is 17.8 Å². The van der Waals surface area contributed by atoms with E-state index >= 15 is 0 Å². The van der Waals surface area contributed by atoms with Gasteiger partial charge in [-0.1, -0.05) is 78.5 Å². The molecule has 0 N–H and O–H groups in total. The van der Waals surface area contributed by atoms with Crippen LogP contribution >= 0.6 is 23.1 Å². The lowest BCUT2D eigenvalue weighted by atomic mass is 10.0. The first-order valence-electron chi connectivity index (χ1n) is 11.6. The minimum atomic E-state index is 1.06. The highest BCUT2D eigenvalue weighted by atomic mass is 32.2. The van der Waals surface area contributed by atoms with E-state index in [2.05, 4.69) is 120 Å². The zero-order valence-corrected chi connectivity index (χ0v) is 20.4. The number of fused-ring (bicyclic) bond motifs is 3. The van der Waals surface area contributed by atoms with Crippen molar-refractivity contribution in [3.63, 3.8) is 0 Å². The molecule has 1 aromatic heterocycles. The summed E-state index contributed by atoms with van der Waals surface area (Å²) in [4.78, 5) is 9.76. The van der Waals surface area contributed by atoms with Crippen molar-refractivity contribution < 1.29 is 0 Å². The summed E-state index contributed by atoms with van der Waals surface area (Å²) in [5.74, 6) is 0. The molecule has 7 rings (SSSR count). The van der Waals surface area contributed by atoms with Gasteiger partial charge >= 0.3 is 0 Å². The Balaban J connectivity index is 1.32. The number of nitrogens with zero attached hydrogens (tertiary/aromatic N) is 2. The number of thiazole rings is 1. The van der Waals surface area contributed by atoms with E-state index < -0.39 is 0 Å². The van der Waals surface area contributed by atoms with Crippen molar-refractivity contribution in [2.45, 2.75) is 9.79 Å². The third-order valence-corrected chi connectivity index (χ3v) is 8.50. The van der Waals surface area contributed by atoms with Gasteiger partial charge in [-0.15, -0.1) is 11.3 Å². The molecule has 1 aliphatic heterocycles. The van der Waals surface area contributed by atoms with Gasteiger partial charge in [0.1, 0.15) is 5.01 Å². The third kappa shape index (κ3) is 3.63. The molecule has 0 unspecified atom stereocenters. The second kappa shape index (κ2) is 8.42. The molecule has 0 amide bonds. The summed E-state index contributed by atoms with van der Waals surface area (Å²) in [5.41, 5.74) is 8.25. The van der Waals surface area contributed by atoms with Gasteiger partial charge in [0.15, 0.2) is 0 Å². The molecule has 1 aliphatic rings. The summed E-state index contributed by atoms with van der Waals surface area (Å²) in [6, 6.07) is 43.1. The minimum Gasteiger partial charge on any atom is -0.308 e. The molecular formula is C31H20N2S2. The Kier molecular flexibility index (Phi) is 4.93. The van der Waals surface area contributed by atoms with Crippen molar-refractivity contribution in [3.8, 4) is 21.7 Å². The molecule has 0 fully saturated rings. The van der Waals surface area contributed by atoms with Gasteiger partial charge in [0, 0.05) is 21.0 Å². The average molecular weight is 485 g/mol. The van der Waals surface area contributed by atoms with Crippen molar-refractivity contribution in [1.29, 1.82) is 0 Å². The molecule has 0 bridgehead atoms. The van der Waals surface area contributed by atoms with Crippen LogP contribution in [0.2, 0.25) is 0 Å². The summed E-state index contributed by atoms with van der Waals surface area (Å²) >= 11 is 3.58. The third-order valence-electron chi connectivity index (χ3n) is 6.30.